The SMILES string of the molecule is COc1ccc2c(c1)c(C(=O)NN=Cc1ccc(OCc3ccccc3)cc1)c(C)n2C. The molecular weight excluding hydrogens is 402 g/mol. The lowest BCUT2D eigenvalue weighted by Crippen LogP contribution is -2.18. The fourth-order valence-corrected chi connectivity index (χ4v) is 3.58. The van der Waals surface area contributed by atoms with Crippen molar-refractivity contribution in [2.24, 2.45) is 12.1 Å². The number of fused-ring (bicyclic) bond motifs is 1. The minimum absolute atomic E-state index is 0.264. The first-order chi connectivity index (χ1) is 15.6. The summed E-state index contributed by atoms with van der Waals surface area (Å²) in [7, 11) is 3.55. The lowest BCUT2D eigenvalue weighted by molar-refractivity contribution is 0.0956. The van der Waals surface area contributed by atoms with Crippen LogP contribution in [0.4, 0.5) is 0 Å². The molecule has 6 heteroatoms. The minimum atomic E-state index is -0.264. The Morgan fingerprint density at radius 2 is 1.75 bits per heavy atom. The molecule has 0 aliphatic rings. The Balaban J connectivity index is 1.42. The number of nitrogens with one attached hydrogen (secondary N) is 1. The van der Waals surface area contributed by atoms with E-state index in [1.165, 1.54) is 0 Å². The third-order valence-corrected chi connectivity index (χ3v) is 5.43. The van der Waals surface area contributed by atoms with Gasteiger partial charge in [0.2, 0.25) is 0 Å². The molecule has 0 aliphatic heterocycles. The van der Waals surface area contributed by atoms with E-state index in [1.807, 2.05) is 91.3 Å². The molecule has 1 N–H and O–H groups in total. The molecule has 6 nitrogen and oxygen atoms in total. The molecule has 0 saturated heterocycles. The van der Waals surface area contributed by atoms with Gasteiger partial charge in [0.15, 0.2) is 0 Å². The van der Waals surface area contributed by atoms with E-state index >= 15 is 0 Å². The van der Waals surface area contributed by atoms with E-state index in [0.717, 1.165) is 33.5 Å². The van der Waals surface area contributed by atoms with E-state index in [1.54, 1.807) is 13.3 Å². The van der Waals surface area contributed by atoms with Crippen LogP contribution in [0.1, 0.15) is 27.2 Å². The Morgan fingerprint density at radius 3 is 2.47 bits per heavy atom. The van der Waals surface area contributed by atoms with Gasteiger partial charge in [0.25, 0.3) is 5.91 Å². The molecule has 1 heterocycles. The molecular formula is C26H25N3O3. The number of benzene rings is 3. The molecule has 162 valence electrons. The summed E-state index contributed by atoms with van der Waals surface area (Å²) in [6, 6.07) is 23.3. The van der Waals surface area contributed by atoms with Gasteiger partial charge in [0.1, 0.15) is 18.1 Å². The zero-order valence-electron chi connectivity index (χ0n) is 18.3. The number of ether oxygens (including phenoxy) is 2. The van der Waals surface area contributed by atoms with Crippen molar-refractivity contribution in [3.63, 3.8) is 0 Å². The Morgan fingerprint density at radius 1 is 1.03 bits per heavy atom. The van der Waals surface area contributed by atoms with E-state index in [4.69, 9.17) is 9.47 Å². The quantitative estimate of drug-likeness (QED) is 0.339. The van der Waals surface area contributed by atoms with Gasteiger partial charge in [-0.15, -0.1) is 0 Å². The summed E-state index contributed by atoms with van der Waals surface area (Å²) in [5.74, 6) is 1.21. The highest BCUT2D eigenvalue weighted by Crippen LogP contribution is 2.28. The Hall–Kier alpha value is -4.06. The highest BCUT2D eigenvalue weighted by Gasteiger charge is 2.18. The van der Waals surface area contributed by atoms with Crippen molar-refractivity contribution in [2.75, 3.05) is 7.11 Å². The van der Waals surface area contributed by atoms with Crippen molar-refractivity contribution in [3.8, 4) is 11.5 Å². The number of carbonyl (C=O) groups is 1. The first-order valence-corrected chi connectivity index (χ1v) is 10.3. The highest BCUT2D eigenvalue weighted by atomic mass is 16.5. The van der Waals surface area contributed by atoms with Gasteiger partial charge in [-0.1, -0.05) is 30.3 Å². The maximum atomic E-state index is 12.9. The number of hydrogen-bond acceptors (Lipinski definition) is 4. The van der Waals surface area contributed by atoms with Gasteiger partial charge in [-0.2, -0.15) is 5.10 Å². The van der Waals surface area contributed by atoms with Crippen molar-refractivity contribution >= 4 is 23.0 Å². The maximum absolute atomic E-state index is 12.9. The first kappa shape index (κ1) is 21.2. The highest BCUT2D eigenvalue weighted by molar-refractivity contribution is 6.08. The zero-order chi connectivity index (χ0) is 22.5. The van der Waals surface area contributed by atoms with Gasteiger partial charge in [-0.3, -0.25) is 4.79 Å². The van der Waals surface area contributed by atoms with Crippen molar-refractivity contribution in [1.82, 2.24) is 9.99 Å². The molecule has 3 aromatic carbocycles. The van der Waals surface area contributed by atoms with Crippen LogP contribution < -0.4 is 14.9 Å². The maximum Gasteiger partial charge on any atom is 0.273 e. The summed E-state index contributed by atoms with van der Waals surface area (Å²) in [6.45, 7) is 2.43. The van der Waals surface area contributed by atoms with Gasteiger partial charge in [-0.05, 0) is 60.5 Å². The van der Waals surface area contributed by atoms with Crippen LogP contribution in [-0.2, 0) is 13.7 Å². The number of nitrogens with zero attached hydrogens (tertiary/aromatic N) is 2. The lowest BCUT2D eigenvalue weighted by Gasteiger charge is -2.06. The predicted molar refractivity (Wildman–Crippen MR) is 126 cm³/mol. The van der Waals surface area contributed by atoms with Crippen LogP contribution in [0.5, 0.6) is 11.5 Å². The molecule has 0 unspecified atom stereocenters. The second-order valence-corrected chi connectivity index (χ2v) is 7.44. The third-order valence-electron chi connectivity index (χ3n) is 5.43. The Bertz CT molecular complexity index is 1260. The summed E-state index contributed by atoms with van der Waals surface area (Å²) in [5, 5.41) is 4.97. The van der Waals surface area contributed by atoms with E-state index < -0.39 is 0 Å². The lowest BCUT2D eigenvalue weighted by atomic mass is 10.1. The Kier molecular flexibility index (Phi) is 6.22. The second kappa shape index (κ2) is 9.39. The number of aryl methyl sites for hydroxylation is 1. The average Bonchev–Trinajstić information content (AvgIpc) is 3.08. The summed E-state index contributed by atoms with van der Waals surface area (Å²) in [6.07, 6.45) is 1.61. The largest absolute Gasteiger partial charge is 0.497 e. The van der Waals surface area contributed by atoms with Crippen LogP contribution in [0, 0.1) is 6.92 Å². The van der Waals surface area contributed by atoms with Crippen LogP contribution in [0.25, 0.3) is 10.9 Å². The first-order valence-electron chi connectivity index (χ1n) is 10.3. The van der Waals surface area contributed by atoms with Crippen LogP contribution in [0.3, 0.4) is 0 Å². The van der Waals surface area contributed by atoms with Gasteiger partial charge in [0, 0.05) is 23.6 Å². The molecule has 1 amide bonds. The van der Waals surface area contributed by atoms with Gasteiger partial charge in [-0.25, -0.2) is 5.43 Å². The second-order valence-electron chi connectivity index (χ2n) is 7.44. The van der Waals surface area contributed by atoms with Crippen molar-refractivity contribution in [1.29, 1.82) is 0 Å². The molecule has 1 aromatic heterocycles. The van der Waals surface area contributed by atoms with Crippen LogP contribution in [0.2, 0.25) is 0 Å². The molecule has 0 spiro atoms. The van der Waals surface area contributed by atoms with Crippen molar-refractivity contribution in [3.05, 3.63) is 95.2 Å². The van der Waals surface area contributed by atoms with E-state index in [0.29, 0.717) is 17.9 Å². The van der Waals surface area contributed by atoms with Gasteiger partial charge < -0.3 is 14.0 Å². The fraction of sp³-hybridized carbons (Fsp3) is 0.154. The third kappa shape index (κ3) is 4.49. The summed E-state index contributed by atoms with van der Waals surface area (Å²) < 4.78 is 13.1. The molecule has 0 fully saturated rings. The monoisotopic (exact) mass is 427 g/mol. The average molecular weight is 428 g/mol. The standard InChI is InChI=1S/C26H25N3O3/c1-18-25(23-15-22(31-3)13-14-24(23)29(18)2)26(30)28-27-16-19-9-11-21(12-10-19)32-17-20-7-5-4-6-8-20/h4-16H,17H2,1-3H3,(H,28,30). The van der Waals surface area contributed by atoms with Crippen molar-refractivity contribution < 1.29 is 14.3 Å². The number of hydrazone groups is 1. The van der Waals surface area contributed by atoms with E-state index in [2.05, 4.69) is 10.5 Å². The molecule has 0 saturated carbocycles. The summed E-state index contributed by atoms with van der Waals surface area (Å²) in [4.78, 5) is 12.9. The Labute approximate surface area is 187 Å². The van der Waals surface area contributed by atoms with E-state index in [9.17, 15) is 4.79 Å². The van der Waals surface area contributed by atoms with Gasteiger partial charge >= 0.3 is 0 Å². The molecule has 0 atom stereocenters. The molecule has 0 radical (unpaired) electrons. The van der Waals surface area contributed by atoms with Crippen LogP contribution in [-0.4, -0.2) is 23.8 Å². The number of amides is 1. The van der Waals surface area contributed by atoms with Crippen LogP contribution in [0.15, 0.2) is 77.9 Å². The molecule has 0 aliphatic carbocycles. The van der Waals surface area contributed by atoms with Gasteiger partial charge in [0.05, 0.1) is 18.9 Å². The number of rotatable bonds is 7. The predicted octanol–water partition coefficient (Wildman–Crippen LogP) is 4.84. The van der Waals surface area contributed by atoms with Crippen LogP contribution >= 0.6 is 0 Å². The fourth-order valence-electron chi connectivity index (χ4n) is 3.58. The topological polar surface area (TPSA) is 64.8 Å². The molecule has 4 rings (SSSR count). The molecule has 0 bridgehead atoms. The zero-order valence-corrected chi connectivity index (χ0v) is 18.3. The smallest absolute Gasteiger partial charge is 0.273 e. The van der Waals surface area contributed by atoms with E-state index in [-0.39, 0.29) is 5.91 Å². The number of aromatic nitrogens is 1. The molecule has 32 heavy (non-hydrogen) atoms. The number of methoxy groups -OCH3 is 1. The van der Waals surface area contributed by atoms with Crippen molar-refractivity contribution in [2.45, 2.75) is 13.5 Å². The summed E-state index contributed by atoms with van der Waals surface area (Å²) in [5.41, 5.74) is 7.02. The normalized spacial score (nSPS) is 11.1. The number of hydrogen-bond donors (Lipinski definition) is 1. The number of carbonyl (C=O) groups excluding carboxylic acids is 1. The molecule has 4 aromatic rings. The minimum Gasteiger partial charge on any atom is -0.497 e. The summed E-state index contributed by atoms with van der Waals surface area (Å²) >= 11 is 0.